The van der Waals surface area contributed by atoms with E-state index in [4.69, 9.17) is 0 Å². The predicted octanol–water partition coefficient (Wildman–Crippen LogP) is 3.21. The summed E-state index contributed by atoms with van der Waals surface area (Å²) in [5.41, 5.74) is -3.56. The number of ether oxygens (including phenoxy) is 1. The van der Waals surface area contributed by atoms with Gasteiger partial charge in [0.2, 0.25) is 0 Å². The standard InChI is InChI=1S/C10H8F5NO2/c1-2-18-9(17)5-3-6(10(13,14)15)7(8(11)12)16-4-5/h3-4,8H,2H2,1H3. The zero-order valence-corrected chi connectivity index (χ0v) is 9.09. The first-order valence-electron chi connectivity index (χ1n) is 4.79. The maximum absolute atomic E-state index is 12.5. The third-order valence-electron chi connectivity index (χ3n) is 1.94. The van der Waals surface area contributed by atoms with Crippen molar-refractivity contribution in [3.63, 3.8) is 0 Å². The van der Waals surface area contributed by atoms with Crippen molar-refractivity contribution >= 4 is 5.97 Å². The molecule has 0 N–H and O–H groups in total. The number of hydrogen-bond acceptors (Lipinski definition) is 3. The fourth-order valence-corrected chi connectivity index (χ4v) is 1.20. The summed E-state index contributed by atoms with van der Waals surface area (Å²) < 4.78 is 66.7. The molecular formula is C10H8F5NO2. The van der Waals surface area contributed by atoms with Crippen molar-refractivity contribution in [2.24, 2.45) is 0 Å². The Kier molecular flexibility index (Phi) is 4.20. The molecule has 0 aliphatic carbocycles. The lowest BCUT2D eigenvalue weighted by atomic mass is 10.1. The van der Waals surface area contributed by atoms with E-state index in [1.165, 1.54) is 6.92 Å². The molecule has 0 radical (unpaired) electrons. The minimum atomic E-state index is -5.01. The van der Waals surface area contributed by atoms with E-state index in [9.17, 15) is 26.7 Å². The molecule has 0 bridgehead atoms. The molecule has 8 heteroatoms. The quantitative estimate of drug-likeness (QED) is 0.624. The molecule has 1 rings (SSSR count). The summed E-state index contributed by atoms with van der Waals surface area (Å²) in [4.78, 5) is 14.2. The summed E-state index contributed by atoms with van der Waals surface area (Å²) in [7, 11) is 0. The lowest BCUT2D eigenvalue weighted by molar-refractivity contribution is -0.140. The first-order chi connectivity index (χ1) is 8.27. The highest BCUT2D eigenvalue weighted by molar-refractivity contribution is 5.89. The first-order valence-corrected chi connectivity index (χ1v) is 4.79. The van der Waals surface area contributed by atoms with Crippen molar-refractivity contribution in [3.05, 3.63) is 29.1 Å². The van der Waals surface area contributed by atoms with Crippen molar-refractivity contribution in [1.29, 1.82) is 0 Å². The molecule has 1 heterocycles. The van der Waals surface area contributed by atoms with E-state index in [0.29, 0.717) is 12.3 Å². The summed E-state index contributed by atoms with van der Waals surface area (Å²) in [5.74, 6) is -1.05. The second-order valence-corrected chi connectivity index (χ2v) is 3.18. The van der Waals surface area contributed by atoms with Gasteiger partial charge in [0, 0.05) is 6.20 Å². The highest BCUT2D eigenvalue weighted by atomic mass is 19.4. The second-order valence-electron chi connectivity index (χ2n) is 3.18. The molecule has 0 fully saturated rings. The number of carbonyl (C=O) groups excluding carboxylic acids is 1. The second kappa shape index (κ2) is 5.28. The molecule has 100 valence electrons. The fraction of sp³-hybridized carbons (Fsp3) is 0.400. The maximum atomic E-state index is 12.5. The molecule has 0 aliphatic heterocycles. The van der Waals surface area contributed by atoms with E-state index < -0.39 is 35.4 Å². The van der Waals surface area contributed by atoms with Crippen molar-refractivity contribution in [2.45, 2.75) is 19.5 Å². The minimum Gasteiger partial charge on any atom is -0.462 e. The van der Waals surface area contributed by atoms with Gasteiger partial charge in [0.05, 0.1) is 17.7 Å². The van der Waals surface area contributed by atoms with Gasteiger partial charge in [-0.15, -0.1) is 0 Å². The predicted molar refractivity (Wildman–Crippen MR) is 50.2 cm³/mol. The Balaban J connectivity index is 3.26. The average molecular weight is 269 g/mol. The first kappa shape index (κ1) is 14.3. The fourth-order valence-electron chi connectivity index (χ4n) is 1.20. The number of pyridine rings is 1. The van der Waals surface area contributed by atoms with Gasteiger partial charge in [0.1, 0.15) is 5.69 Å². The van der Waals surface area contributed by atoms with Crippen molar-refractivity contribution in [1.82, 2.24) is 4.98 Å². The Hall–Kier alpha value is -1.73. The van der Waals surface area contributed by atoms with Crippen LogP contribution in [0.4, 0.5) is 22.0 Å². The van der Waals surface area contributed by atoms with Crippen LogP contribution in [0.3, 0.4) is 0 Å². The van der Waals surface area contributed by atoms with Crippen LogP contribution in [-0.2, 0) is 10.9 Å². The number of carbonyl (C=O) groups is 1. The summed E-state index contributed by atoms with van der Waals surface area (Å²) in [5, 5.41) is 0. The largest absolute Gasteiger partial charge is 0.462 e. The topological polar surface area (TPSA) is 39.2 Å². The molecule has 0 saturated carbocycles. The zero-order valence-electron chi connectivity index (χ0n) is 9.09. The molecule has 0 unspecified atom stereocenters. The molecule has 0 atom stereocenters. The van der Waals surface area contributed by atoms with Crippen LogP contribution in [-0.4, -0.2) is 17.6 Å². The van der Waals surface area contributed by atoms with Gasteiger partial charge in [0.25, 0.3) is 6.43 Å². The molecule has 0 aliphatic rings. The minimum absolute atomic E-state index is 0.0449. The number of aromatic nitrogens is 1. The monoisotopic (exact) mass is 269 g/mol. The number of halogens is 5. The summed E-state index contributed by atoms with van der Waals surface area (Å²) in [6, 6.07) is 0.312. The van der Waals surface area contributed by atoms with E-state index in [-0.39, 0.29) is 6.61 Å². The molecule has 0 saturated heterocycles. The van der Waals surface area contributed by atoms with Crippen molar-refractivity contribution < 1.29 is 31.5 Å². The number of hydrogen-bond donors (Lipinski definition) is 0. The molecular weight excluding hydrogens is 261 g/mol. The normalized spacial score (nSPS) is 11.7. The molecule has 3 nitrogen and oxygen atoms in total. The third-order valence-corrected chi connectivity index (χ3v) is 1.94. The van der Waals surface area contributed by atoms with Crippen molar-refractivity contribution in [3.8, 4) is 0 Å². The Morgan fingerprint density at radius 2 is 2.06 bits per heavy atom. The molecule has 1 aromatic rings. The van der Waals surface area contributed by atoms with Gasteiger partial charge < -0.3 is 4.74 Å². The van der Waals surface area contributed by atoms with E-state index in [1.54, 1.807) is 0 Å². The van der Waals surface area contributed by atoms with E-state index in [2.05, 4.69) is 9.72 Å². The number of alkyl halides is 5. The lowest BCUT2D eigenvalue weighted by Crippen LogP contribution is -2.14. The van der Waals surface area contributed by atoms with Crippen LogP contribution < -0.4 is 0 Å². The van der Waals surface area contributed by atoms with Crippen LogP contribution in [0.2, 0.25) is 0 Å². The summed E-state index contributed by atoms with van der Waals surface area (Å²) in [6.45, 7) is 1.42. The zero-order chi connectivity index (χ0) is 13.9. The van der Waals surface area contributed by atoms with E-state index in [0.717, 1.165) is 0 Å². The smallest absolute Gasteiger partial charge is 0.418 e. The van der Waals surface area contributed by atoms with E-state index in [1.807, 2.05) is 0 Å². The van der Waals surface area contributed by atoms with Gasteiger partial charge in [-0.25, -0.2) is 13.6 Å². The van der Waals surface area contributed by atoms with Gasteiger partial charge in [-0.1, -0.05) is 0 Å². The van der Waals surface area contributed by atoms with E-state index >= 15 is 0 Å². The number of nitrogens with zero attached hydrogens (tertiary/aromatic N) is 1. The number of rotatable bonds is 3. The van der Waals surface area contributed by atoms with Gasteiger partial charge in [-0.05, 0) is 13.0 Å². The molecule has 18 heavy (non-hydrogen) atoms. The van der Waals surface area contributed by atoms with Crippen LogP contribution in [0.1, 0.15) is 35.0 Å². The lowest BCUT2D eigenvalue weighted by Gasteiger charge is -2.12. The Morgan fingerprint density at radius 3 is 2.50 bits per heavy atom. The van der Waals surface area contributed by atoms with Gasteiger partial charge in [-0.3, -0.25) is 4.98 Å². The highest BCUT2D eigenvalue weighted by Crippen LogP contribution is 2.35. The van der Waals surface area contributed by atoms with Gasteiger partial charge in [-0.2, -0.15) is 13.2 Å². The van der Waals surface area contributed by atoms with Crippen LogP contribution in [0.15, 0.2) is 12.3 Å². The maximum Gasteiger partial charge on any atom is 0.418 e. The third kappa shape index (κ3) is 3.14. The molecule has 1 aromatic heterocycles. The summed E-state index contributed by atoms with van der Waals surface area (Å²) >= 11 is 0. The van der Waals surface area contributed by atoms with Gasteiger partial charge in [0.15, 0.2) is 0 Å². The average Bonchev–Trinajstić information content (AvgIpc) is 2.27. The van der Waals surface area contributed by atoms with Gasteiger partial charge >= 0.3 is 12.1 Å². The van der Waals surface area contributed by atoms with Crippen LogP contribution in [0, 0.1) is 0 Å². The van der Waals surface area contributed by atoms with Crippen LogP contribution in [0.25, 0.3) is 0 Å². The van der Waals surface area contributed by atoms with Crippen LogP contribution in [0.5, 0.6) is 0 Å². The van der Waals surface area contributed by atoms with Crippen molar-refractivity contribution in [2.75, 3.05) is 6.61 Å². The SMILES string of the molecule is CCOC(=O)c1cnc(C(F)F)c(C(F)(F)F)c1. The molecule has 0 spiro atoms. The Labute approximate surface area is 98.6 Å². The highest BCUT2D eigenvalue weighted by Gasteiger charge is 2.37. The number of esters is 1. The Morgan fingerprint density at radius 1 is 1.44 bits per heavy atom. The summed E-state index contributed by atoms with van der Waals surface area (Å²) in [6.07, 6.45) is -7.76. The molecule has 0 aromatic carbocycles. The van der Waals surface area contributed by atoms with Crippen LogP contribution >= 0.6 is 0 Å². The molecule has 0 amide bonds. The Bertz CT molecular complexity index is 444.